The molecule has 0 saturated heterocycles. The van der Waals surface area contributed by atoms with Crippen molar-refractivity contribution in [3.05, 3.63) is 34.2 Å². The van der Waals surface area contributed by atoms with Crippen LogP contribution < -0.4 is 5.56 Å². The number of hydrogen-bond donors (Lipinski definition) is 2. The number of aromatic amines is 1. The van der Waals surface area contributed by atoms with Crippen LogP contribution >= 0.6 is 12.6 Å². The lowest BCUT2D eigenvalue weighted by Gasteiger charge is -1.84. The molecule has 1 aromatic heterocycles. The van der Waals surface area contributed by atoms with Crippen molar-refractivity contribution in [2.75, 3.05) is 5.75 Å². The summed E-state index contributed by atoms with van der Waals surface area (Å²) in [5.74, 6) is 5.86. The third-order valence-electron chi connectivity index (χ3n) is 1.12. The minimum absolute atomic E-state index is 0.151. The number of rotatable bonds is 0. The van der Waals surface area contributed by atoms with Gasteiger partial charge in [-0.1, -0.05) is 11.8 Å². The molecule has 56 valence electrons. The molecule has 0 fully saturated rings. The summed E-state index contributed by atoms with van der Waals surface area (Å²) < 4.78 is 0. The predicted octanol–water partition coefficient (Wildman–Crippen LogP) is 0.656. The Balaban J connectivity index is 3.05. The Hall–Kier alpha value is -1.14. The molecule has 2 nitrogen and oxygen atoms in total. The molecule has 0 spiro atoms. The van der Waals surface area contributed by atoms with E-state index in [4.69, 9.17) is 0 Å². The summed E-state index contributed by atoms with van der Waals surface area (Å²) in [5.41, 5.74) is 0.336. The first-order valence-corrected chi connectivity index (χ1v) is 3.75. The van der Waals surface area contributed by atoms with Gasteiger partial charge in [0.25, 0.3) is 5.56 Å². The highest BCUT2D eigenvalue weighted by molar-refractivity contribution is 7.80. The average Bonchev–Trinajstić information content (AvgIpc) is 2.03. The first kappa shape index (κ1) is 7.96. The van der Waals surface area contributed by atoms with E-state index in [1.54, 1.807) is 18.3 Å². The third kappa shape index (κ3) is 2.17. The van der Waals surface area contributed by atoms with Gasteiger partial charge in [-0.3, -0.25) is 4.79 Å². The summed E-state index contributed by atoms with van der Waals surface area (Å²) in [5, 5.41) is 0. The van der Waals surface area contributed by atoms with Crippen LogP contribution in [0.1, 0.15) is 5.56 Å². The van der Waals surface area contributed by atoms with E-state index < -0.39 is 0 Å². The number of pyridine rings is 1. The molecule has 3 heteroatoms. The molecule has 0 aliphatic carbocycles. The number of thiol groups is 1. The van der Waals surface area contributed by atoms with Gasteiger partial charge >= 0.3 is 0 Å². The van der Waals surface area contributed by atoms with E-state index in [2.05, 4.69) is 29.5 Å². The fourth-order valence-electron chi connectivity index (χ4n) is 0.655. The fraction of sp³-hybridized carbons (Fsp3) is 0.125. The minimum Gasteiger partial charge on any atom is -0.328 e. The molecule has 0 atom stereocenters. The molecule has 0 unspecified atom stereocenters. The quantitative estimate of drug-likeness (QED) is 0.429. The zero-order valence-corrected chi connectivity index (χ0v) is 6.69. The zero-order valence-electron chi connectivity index (χ0n) is 5.79. The van der Waals surface area contributed by atoms with Crippen molar-refractivity contribution in [1.29, 1.82) is 0 Å². The van der Waals surface area contributed by atoms with Crippen molar-refractivity contribution >= 4 is 12.6 Å². The zero-order chi connectivity index (χ0) is 8.10. The van der Waals surface area contributed by atoms with Crippen LogP contribution in [0.5, 0.6) is 0 Å². The highest BCUT2D eigenvalue weighted by Crippen LogP contribution is 1.84. The van der Waals surface area contributed by atoms with Crippen LogP contribution in [0.15, 0.2) is 23.1 Å². The predicted molar refractivity (Wildman–Crippen MR) is 47.8 cm³/mol. The maximum absolute atomic E-state index is 10.9. The second-order valence-corrected chi connectivity index (χ2v) is 2.19. The Morgan fingerprint density at radius 2 is 2.45 bits per heavy atom. The van der Waals surface area contributed by atoms with Gasteiger partial charge in [0.1, 0.15) is 0 Å². The Morgan fingerprint density at radius 3 is 3.09 bits per heavy atom. The summed E-state index contributed by atoms with van der Waals surface area (Å²) in [7, 11) is 0. The van der Waals surface area contributed by atoms with Crippen LogP contribution in [0.2, 0.25) is 0 Å². The van der Waals surface area contributed by atoms with Crippen LogP contribution in [-0.2, 0) is 0 Å². The molecule has 0 aliphatic heterocycles. The molecule has 0 aliphatic rings. The summed E-state index contributed by atoms with van der Waals surface area (Å²) in [6.45, 7) is 0. The van der Waals surface area contributed by atoms with E-state index in [1.807, 2.05) is 0 Å². The fourth-order valence-corrected chi connectivity index (χ4v) is 0.734. The van der Waals surface area contributed by atoms with Gasteiger partial charge in [0.05, 0.1) is 11.3 Å². The lowest BCUT2D eigenvalue weighted by molar-refractivity contribution is 1.22. The lowest BCUT2D eigenvalue weighted by atomic mass is 10.3. The highest BCUT2D eigenvalue weighted by Gasteiger charge is 1.89. The maximum Gasteiger partial charge on any atom is 0.263 e. The lowest BCUT2D eigenvalue weighted by Crippen LogP contribution is -2.07. The van der Waals surface area contributed by atoms with Crippen molar-refractivity contribution in [3.63, 3.8) is 0 Å². The summed E-state index contributed by atoms with van der Waals surface area (Å²) in [4.78, 5) is 13.5. The van der Waals surface area contributed by atoms with Gasteiger partial charge in [0.15, 0.2) is 0 Å². The van der Waals surface area contributed by atoms with Gasteiger partial charge in [-0.2, -0.15) is 12.6 Å². The molecule has 1 rings (SSSR count). The van der Waals surface area contributed by atoms with E-state index in [1.165, 1.54) is 0 Å². The van der Waals surface area contributed by atoms with Crippen LogP contribution in [-0.4, -0.2) is 10.7 Å². The molecule has 0 radical (unpaired) electrons. The summed E-state index contributed by atoms with van der Waals surface area (Å²) in [6.07, 6.45) is 1.58. The van der Waals surface area contributed by atoms with E-state index in [0.29, 0.717) is 11.3 Å². The third-order valence-corrected chi connectivity index (χ3v) is 1.28. The Labute approximate surface area is 70.1 Å². The van der Waals surface area contributed by atoms with Gasteiger partial charge in [-0.15, -0.1) is 0 Å². The molecule has 1 N–H and O–H groups in total. The summed E-state index contributed by atoms with van der Waals surface area (Å²) >= 11 is 3.90. The standard InChI is InChI=1S/C8H7NOS/c10-8-7(4-2-6-11)3-1-5-9-8/h1,3,5,11H,6H2,(H,9,10). The van der Waals surface area contributed by atoms with Gasteiger partial charge in [0, 0.05) is 6.20 Å². The minimum atomic E-state index is -0.151. The van der Waals surface area contributed by atoms with Crippen molar-refractivity contribution in [3.8, 4) is 11.8 Å². The van der Waals surface area contributed by atoms with Gasteiger partial charge < -0.3 is 4.98 Å². The molecule has 0 amide bonds. The van der Waals surface area contributed by atoms with Gasteiger partial charge in [-0.05, 0) is 12.1 Å². The van der Waals surface area contributed by atoms with Crippen LogP contribution in [0, 0.1) is 11.8 Å². The van der Waals surface area contributed by atoms with Crippen LogP contribution in [0.3, 0.4) is 0 Å². The molecule has 0 bridgehead atoms. The largest absolute Gasteiger partial charge is 0.328 e. The molecule has 0 aromatic carbocycles. The van der Waals surface area contributed by atoms with E-state index in [0.717, 1.165) is 0 Å². The smallest absolute Gasteiger partial charge is 0.263 e. The topological polar surface area (TPSA) is 32.9 Å². The molecule has 0 saturated carbocycles. The van der Waals surface area contributed by atoms with Gasteiger partial charge in [0.2, 0.25) is 0 Å². The Bertz CT molecular complexity index is 345. The monoisotopic (exact) mass is 165 g/mol. The number of aromatic nitrogens is 1. The molecular formula is C8H7NOS. The van der Waals surface area contributed by atoms with E-state index in [9.17, 15) is 4.79 Å². The average molecular weight is 165 g/mol. The number of hydrogen-bond acceptors (Lipinski definition) is 2. The molecule has 1 aromatic rings. The van der Waals surface area contributed by atoms with Crippen LogP contribution in [0.4, 0.5) is 0 Å². The van der Waals surface area contributed by atoms with Crippen LogP contribution in [0.25, 0.3) is 0 Å². The van der Waals surface area contributed by atoms with Crippen molar-refractivity contribution in [1.82, 2.24) is 4.98 Å². The first-order valence-electron chi connectivity index (χ1n) is 3.12. The van der Waals surface area contributed by atoms with Gasteiger partial charge in [-0.25, -0.2) is 0 Å². The molecule has 1 heterocycles. The Morgan fingerprint density at radius 1 is 1.64 bits per heavy atom. The van der Waals surface area contributed by atoms with Crippen molar-refractivity contribution < 1.29 is 0 Å². The van der Waals surface area contributed by atoms with E-state index in [-0.39, 0.29) is 5.56 Å². The second kappa shape index (κ2) is 3.89. The second-order valence-electron chi connectivity index (χ2n) is 1.87. The van der Waals surface area contributed by atoms with Crippen molar-refractivity contribution in [2.45, 2.75) is 0 Å². The van der Waals surface area contributed by atoms with Crippen molar-refractivity contribution in [2.24, 2.45) is 0 Å². The maximum atomic E-state index is 10.9. The number of nitrogens with one attached hydrogen (secondary N) is 1. The Kier molecular flexibility index (Phi) is 2.82. The first-order chi connectivity index (χ1) is 5.34. The SMILES string of the molecule is O=c1[nH]cccc1C#CCS. The molecular weight excluding hydrogens is 158 g/mol. The highest BCUT2D eigenvalue weighted by atomic mass is 32.1. The summed E-state index contributed by atoms with van der Waals surface area (Å²) in [6, 6.07) is 3.42. The molecule has 11 heavy (non-hydrogen) atoms. The van der Waals surface area contributed by atoms with E-state index >= 15 is 0 Å². The normalized spacial score (nSPS) is 8.45. The number of H-pyrrole nitrogens is 1.